The zero-order valence-corrected chi connectivity index (χ0v) is 19.0. The summed E-state index contributed by atoms with van der Waals surface area (Å²) < 4.78 is 68.3. The van der Waals surface area contributed by atoms with Crippen molar-refractivity contribution in [2.75, 3.05) is 6.54 Å². The Labute approximate surface area is 200 Å². The molecule has 0 spiro atoms. The highest BCUT2D eigenvalue weighted by molar-refractivity contribution is 6.31. The summed E-state index contributed by atoms with van der Waals surface area (Å²) in [6, 6.07) is 2.89. The smallest absolute Gasteiger partial charge is 0.328 e. The third-order valence-corrected chi connectivity index (χ3v) is 4.97. The number of nitrogens with zero attached hydrogens (tertiary/aromatic N) is 4. The minimum absolute atomic E-state index is 0.00805. The number of hydrazine groups is 1. The van der Waals surface area contributed by atoms with Crippen LogP contribution in [0.2, 0.25) is 5.02 Å². The van der Waals surface area contributed by atoms with Crippen LogP contribution in [0.1, 0.15) is 25.6 Å². The van der Waals surface area contributed by atoms with Gasteiger partial charge in [0.25, 0.3) is 0 Å². The van der Waals surface area contributed by atoms with E-state index in [4.69, 9.17) is 11.6 Å². The van der Waals surface area contributed by atoms with E-state index in [1.165, 1.54) is 48.6 Å². The Hall–Kier alpha value is -3.74. The lowest BCUT2D eigenvalue weighted by molar-refractivity contribution is -0.177. The molecule has 2 aromatic heterocycles. The predicted octanol–water partition coefficient (Wildman–Crippen LogP) is 4.55. The van der Waals surface area contributed by atoms with Gasteiger partial charge in [-0.15, -0.1) is 0 Å². The van der Waals surface area contributed by atoms with E-state index in [-0.39, 0.29) is 34.1 Å². The van der Waals surface area contributed by atoms with Gasteiger partial charge in [-0.2, -0.15) is 18.3 Å². The molecule has 3 rings (SSSR count). The van der Waals surface area contributed by atoms with Gasteiger partial charge in [0.15, 0.2) is 5.82 Å². The number of alkyl halides is 3. The Morgan fingerprint density at radius 3 is 2.49 bits per heavy atom. The average molecular weight is 517 g/mol. The summed E-state index contributed by atoms with van der Waals surface area (Å²) in [6.07, 6.45) is -1.05. The van der Waals surface area contributed by atoms with E-state index in [1.54, 1.807) is 6.07 Å². The van der Waals surface area contributed by atoms with Gasteiger partial charge in [-0.25, -0.2) is 23.3 Å². The molecule has 0 aliphatic rings. The molecule has 186 valence electrons. The predicted molar refractivity (Wildman–Crippen MR) is 115 cm³/mol. The second-order valence-corrected chi connectivity index (χ2v) is 7.62. The summed E-state index contributed by atoms with van der Waals surface area (Å²) >= 11 is 5.98. The summed E-state index contributed by atoms with van der Waals surface area (Å²) in [5, 5.41) is 6.70. The highest BCUT2D eigenvalue weighted by Gasteiger charge is 2.40. The fourth-order valence-corrected chi connectivity index (χ4v) is 3.33. The SMILES string of the molecule is CCN(NC(=O)C(F)(F)F)C(=O)NC(C)c1ncc(-c2cc(Cl)cc(F)c2-n2cccn2)cc1F. The molecule has 0 aliphatic carbocycles. The third kappa shape index (κ3) is 5.85. The van der Waals surface area contributed by atoms with Crippen LogP contribution in [-0.4, -0.2) is 44.4 Å². The minimum Gasteiger partial charge on any atom is -0.328 e. The Morgan fingerprint density at radius 2 is 1.91 bits per heavy atom. The molecule has 3 amide bonds. The zero-order valence-electron chi connectivity index (χ0n) is 18.2. The van der Waals surface area contributed by atoms with Crippen LogP contribution in [0.5, 0.6) is 0 Å². The highest BCUT2D eigenvalue weighted by Crippen LogP contribution is 2.32. The first-order valence-corrected chi connectivity index (χ1v) is 10.4. The van der Waals surface area contributed by atoms with Crippen molar-refractivity contribution < 1.29 is 31.5 Å². The summed E-state index contributed by atoms with van der Waals surface area (Å²) in [5.74, 6) is -3.93. The second-order valence-electron chi connectivity index (χ2n) is 7.18. The van der Waals surface area contributed by atoms with Crippen LogP contribution >= 0.6 is 11.6 Å². The summed E-state index contributed by atoms with van der Waals surface area (Å²) in [6.45, 7) is 2.37. The summed E-state index contributed by atoms with van der Waals surface area (Å²) in [7, 11) is 0. The van der Waals surface area contributed by atoms with Crippen LogP contribution < -0.4 is 10.7 Å². The maximum absolute atomic E-state index is 15.0. The maximum atomic E-state index is 15.0. The normalized spacial score (nSPS) is 12.2. The van der Waals surface area contributed by atoms with Crippen molar-refractivity contribution in [1.29, 1.82) is 0 Å². The van der Waals surface area contributed by atoms with Gasteiger partial charge < -0.3 is 5.32 Å². The van der Waals surface area contributed by atoms with Crippen LogP contribution in [0.3, 0.4) is 0 Å². The zero-order chi connectivity index (χ0) is 25.9. The van der Waals surface area contributed by atoms with E-state index >= 15 is 0 Å². The summed E-state index contributed by atoms with van der Waals surface area (Å²) in [5.41, 5.74) is 1.54. The van der Waals surface area contributed by atoms with Crippen molar-refractivity contribution in [2.45, 2.75) is 26.1 Å². The van der Waals surface area contributed by atoms with Gasteiger partial charge in [0, 0.05) is 41.3 Å². The van der Waals surface area contributed by atoms with Crippen LogP contribution in [0.25, 0.3) is 16.8 Å². The molecule has 0 radical (unpaired) electrons. The number of pyridine rings is 1. The van der Waals surface area contributed by atoms with Gasteiger partial charge in [0.1, 0.15) is 11.5 Å². The number of rotatable bonds is 5. The summed E-state index contributed by atoms with van der Waals surface area (Å²) in [4.78, 5) is 27.4. The number of carbonyl (C=O) groups excluding carboxylic acids is 2. The molecule has 14 heteroatoms. The third-order valence-electron chi connectivity index (χ3n) is 4.75. The highest BCUT2D eigenvalue weighted by atomic mass is 35.5. The average Bonchev–Trinajstić information content (AvgIpc) is 3.30. The number of benzene rings is 1. The van der Waals surface area contributed by atoms with E-state index in [9.17, 15) is 31.5 Å². The Bertz CT molecular complexity index is 1240. The first-order chi connectivity index (χ1) is 16.4. The fourth-order valence-electron chi connectivity index (χ4n) is 3.13. The molecule has 35 heavy (non-hydrogen) atoms. The number of amides is 3. The molecule has 3 aromatic rings. The largest absolute Gasteiger partial charge is 0.472 e. The quantitative estimate of drug-likeness (QED) is 0.384. The Kier molecular flexibility index (Phi) is 7.58. The monoisotopic (exact) mass is 516 g/mol. The van der Waals surface area contributed by atoms with Gasteiger partial charge >= 0.3 is 18.1 Å². The number of aromatic nitrogens is 3. The van der Waals surface area contributed by atoms with Crippen LogP contribution in [-0.2, 0) is 4.79 Å². The number of carbonyl (C=O) groups is 2. The fraction of sp³-hybridized carbons (Fsp3) is 0.238. The van der Waals surface area contributed by atoms with Gasteiger partial charge in [-0.1, -0.05) is 11.6 Å². The Morgan fingerprint density at radius 1 is 1.20 bits per heavy atom. The molecule has 1 unspecified atom stereocenters. The van der Waals surface area contributed by atoms with Crippen LogP contribution in [0.15, 0.2) is 42.9 Å². The first-order valence-electron chi connectivity index (χ1n) is 10.0. The molecule has 1 atom stereocenters. The van der Waals surface area contributed by atoms with Crippen molar-refractivity contribution >= 4 is 23.5 Å². The molecule has 2 N–H and O–H groups in total. The van der Waals surface area contributed by atoms with Gasteiger partial charge in [0.05, 0.1) is 11.7 Å². The molecular formula is C21H18ClF5N6O2. The number of urea groups is 1. The molecule has 1 aromatic carbocycles. The maximum Gasteiger partial charge on any atom is 0.472 e. The number of hydrogen-bond donors (Lipinski definition) is 2. The number of hydrogen-bond acceptors (Lipinski definition) is 4. The number of halogens is 6. The molecular weight excluding hydrogens is 499 g/mol. The topological polar surface area (TPSA) is 92.2 Å². The molecule has 0 fully saturated rings. The molecule has 0 bridgehead atoms. The lowest BCUT2D eigenvalue weighted by Crippen LogP contribution is -2.54. The lowest BCUT2D eigenvalue weighted by atomic mass is 10.0. The van der Waals surface area contributed by atoms with Crippen LogP contribution in [0.4, 0.5) is 26.7 Å². The van der Waals surface area contributed by atoms with Crippen molar-refractivity contribution in [3.05, 3.63) is 65.2 Å². The van der Waals surface area contributed by atoms with E-state index in [2.05, 4.69) is 15.4 Å². The van der Waals surface area contributed by atoms with E-state index in [0.29, 0.717) is 5.01 Å². The van der Waals surface area contributed by atoms with Gasteiger partial charge in [0.2, 0.25) is 0 Å². The molecule has 0 saturated carbocycles. The van der Waals surface area contributed by atoms with Crippen molar-refractivity contribution in [3.8, 4) is 16.8 Å². The van der Waals surface area contributed by atoms with Crippen molar-refractivity contribution in [3.63, 3.8) is 0 Å². The van der Waals surface area contributed by atoms with Crippen LogP contribution in [0, 0.1) is 11.6 Å². The Balaban J connectivity index is 1.85. The molecule has 0 aliphatic heterocycles. The van der Waals surface area contributed by atoms with Gasteiger partial charge in [-0.3, -0.25) is 15.2 Å². The molecule has 0 saturated heterocycles. The lowest BCUT2D eigenvalue weighted by Gasteiger charge is -2.24. The minimum atomic E-state index is -5.20. The van der Waals surface area contributed by atoms with E-state index in [0.717, 1.165) is 12.1 Å². The van der Waals surface area contributed by atoms with Crippen molar-refractivity contribution in [2.24, 2.45) is 0 Å². The first kappa shape index (κ1) is 25.9. The molecule has 2 heterocycles. The second kappa shape index (κ2) is 10.3. The molecule has 8 nitrogen and oxygen atoms in total. The standard InChI is InChI=1S/C21H18ClF5N6O2/c1-3-32(31-19(34)21(25,26)27)20(35)30-11(2)17-15(23)7-12(10-28-17)14-8-13(22)9-16(24)18(14)33-6-4-5-29-33/h4-11H,3H2,1-2H3,(H,30,35)(H,31,34). The van der Waals surface area contributed by atoms with Crippen molar-refractivity contribution in [1.82, 2.24) is 30.5 Å². The number of nitrogens with one attached hydrogen (secondary N) is 2. The van der Waals surface area contributed by atoms with Gasteiger partial charge in [-0.05, 0) is 38.1 Å². The van der Waals surface area contributed by atoms with E-state index in [1.807, 2.05) is 0 Å². The van der Waals surface area contributed by atoms with E-state index < -0.39 is 35.8 Å².